The van der Waals surface area contributed by atoms with Crippen LogP contribution >= 0.6 is 7.82 Å². The minimum absolute atomic E-state index is 0.00729. The fourth-order valence-corrected chi connectivity index (χ4v) is 7.27. The molecule has 0 aliphatic carbocycles. The molecule has 0 fully saturated rings. The van der Waals surface area contributed by atoms with Crippen LogP contribution in [0.25, 0.3) is 0 Å². The lowest BCUT2D eigenvalue weighted by atomic mass is 10.0. The molecule has 4 N–H and O–H groups in total. The number of hydrogen-bond donors (Lipinski definition) is 3. The summed E-state index contributed by atoms with van der Waals surface area (Å²) >= 11 is 0. The van der Waals surface area contributed by atoms with Gasteiger partial charge in [-0.05, 0) is 64.2 Å². The van der Waals surface area contributed by atoms with Gasteiger partial charge in [-0.25, -0.2) is 4.57 Å². The van der Waals surface area contributed by atoms with Crippen molar-refractivity contribution in [3.63, 3.8) is 0 Å². The van der Waals surface area contributed by atoms with Crippen molar-refractivity contribution in [1.82, 2.24) is 0 Å². The van der Waals surface area contributed by atoms with Crippen LogP contribution in [0.2, 0.25) is 0 Å². The van der Waals surface area contributed by atoms with E-state index in [4.69, 9.17) is 29.4 Å². The van der Waals surface area contributed by atoms with Gasteiger partial charge in [0.2, 0.25) is 0 Å². The van der Waals surface area contributed by atoms with Crippen molar-refractivity contribution in [2.24, 2.45) is 5.73 Å². The Labute approximate surface area is 378 Å². The van der Waals surface area contributed by atoms with Crippen molar-refractivity contribution in [2.45, 2.75) is 212 Å². The van der Waals surface area contributed by atoms with E-state index in [0.29, 0.717) is 13.0 Å². The summed E-state index contributed by atoms with van der Waals surface area (Å²) in [5.74, 6) is -1.79. The molecule has 0 amide bonds. The smallest absolute Gasteiger partial charge is 0.472 e. The van der Waals surface area contributed by atoms with Gasteiger partial charge in [-0.3, -0.25) is 18.6 Å². The first-order valence-corrected chi connectivity index (χ1v) is 26.0. The lowest BCUT2D eigenvalue weighted by Gasteiger charge is -2.20. The number of carboxylic acids is 1. The first-order valence-electron chi connectivity index (χ1n) is 24.5. The highest BCUT2D eigenvalue weighted by Gasteiger charge is 2.27. The molecule has 0 radical (unpaired) electrons. The predicted molar refractivity (Wildman–Crippen MR) is 258 cm³/mol. The summed E-state index contributed by atoms with van der Waals surface area (Å²) in [5, 5.41) is 8.92. The Hall–Kier alpha value is -2.59. The number of phosphoric acid groups is 1. The number of carbonyl (C=O) groups excluding carboxylic acids is 1. The molecule has 0 aliphatic heterocycles. The van der Waals surface area contributed by atoms with Crippen LogP contribution in [-0.4, -0.2) is 60.5 Å². The minimum Gasteiger partial charge on any atom is -0.480 e. The Kier molecular flexibility index (Phi) is 44.5. The van der Waals surface area contributed by atoms with E-state index in [1.807, 2.05) is 0 Å². The quantitative estimate of drug-likeness (QED) is 0.0233. The molecule has 0 aromatic heterocycles. The number of ether oxygens (including phenoxy) is 2. The number of carboxylic acid groups (broad SMARTS) is 1. The molecule has 358 valence electrons. The standard InChI is InChI=1S/C51H90NO9P/c1-3-5-7-9-11-13-15-17-19-21-23-24-25-26-28-30-32-34-36-38-40-42-44-58-45-48(46-59-62(56,57)60-47-49(52)51(54)55)61-50(53)43-41-39-37-35-33-31-29-27-22-20-18-16-14-12-10-8-6-4-2/h5,7,11,13,17,19,23-24,26,28,32,34,48-49H,3-4,6,8-10,12,14-16,18,20-22,25,27,29-31,33,35-47,52H2,1-2H3,(H,54,55)(H,56,57)/b7-5-,13-11-,19-17-,24-23-,28-26-,34-32-. The first kappa shape index (κ1) is 59.4. The number of aliphatic carboxylic acids is 1. The number of phosphoric ester groups is 1. The lowest BCUT2D eigenvalue weighted by molar-refractivity contribution is -0.154. The Morgan fingerprint density at radius 1 is 0.532 bits per heavy atom. The highest BCUT2D eigenvalue weighted by Crippen LogP contribution is 2.43. The van der Waals surface area contributed by atoms with Gasteiger partial charge in [0.25, 0.3) is 0 Å². The second-order valence-electron chi connectivity index (χ2n) is 16.2. The molecule has 3 unspecified atom stereocenters. The van der Waals surface area contributed by atoms with Crippen LogP contribution in [-0.2, 0) is 32.7 Å². The van der Waals surface area contributed by atoms with E-state index in [-0.39, 0.29) is 13.0 Å². The molecule has 0 saturated carbocycles. The van der Waals surface area contributed by atoms with Gasteiger partial charge in [0, 0.05) is 13.0 Å². The lowest BCUT2D eigenvalue weighted by Crippen LogP contribution is -2.34. The van der Waals surface area contributed by atoms with Gasteiger partial charge in [-0.1, -0.05) is 202 Å². The number of unbranched alkanes of at least 4 members (excludes halogenated alkanes) is 20. The van der Waals surface area contributed by atoms with Crippen LogP contribution in [0.5, 0.6) is 0 Å². The zero-order valence-electron chi connectivity index (χ0n) is 39.2. The van der Waals surface area contributed by atoms with E-state index >= 15 is 0 Å². The Morgan fingerprint density at radius 2 is 0.935 bits per heavy atom. The zero-order chi connectivity index (χ0) is 45.5. The number of carbonyl (C=O) groups is 2. The van der Waals surface area contributed by atoms with Gasteiger partial charge >= 0.3 is 19.8 Å². The van der Waals surface area contributed by atoms with Gasteiger partial charge in [0.15, 0.2) is 0 Å². The summed E-state index contributed by atoms with van der Waals surface area (Å²) in [7, 11) is -4.63. The van der Waals surface area contributed by atoms with E-state index in [1.54, 1.807) is 0 Å². The van der Waals surface area contributed by atoms with Crippen LogP contribution in [0.15, 0.2) is 72.9 Å². The van der Waals surface area contributed by atoms with Crippen molar-refractivity contribution in [1.29, 1.82) is 0 Å². The molecule has 11 heteroatoms. The molecule has 0 heterocycles. The molecule has 0 rings (SSSR count). The van der Waals surface area contributed by atoms with Gasteiger partial charge in [0.1, 0.15) is 12.1 Å². The molecule has 0 bridgehead atoms. The number of rotatable bonds is 46. The molecule has 62 heavy (non-hydrogen) atoms. The van der Waals surface area contributed by atoms with Crippen LogP contribution < -0.4 is 5.73 Å². The summed E-state index contributed by atoms with van der Waals surface area (Å²) in [5.41, 5.74) is 5.37. The second-order valence-corrected chi connectivity index (χ2v) is 17.7. The monoisotopic (exact) mass is 892 g/mol. The summed E-state index contributed by atoms with van der Waals surface area (Å²) in [4.78, 5) is 33.6. The van der Waals surface area contributed by atoms with Crippen molar-refractivity contribution in [2.75, 3.05) is 26.4 Å². The average molecular weight is 892 g/mol. The third kappa shape index (κ3) is 45.4. The van der Waals surface area contributed by atoms with Gasteiger partial charge < -0.3 is 25.2 Å². The van der Waals surface area contributed by atoms with Crippen LogP contribution in [0.3, 0.4) is 0 Å². The third-order valence-corrected chi connectivity index (χ3v) is 11.2. The summed E-state index contributed by atoms with van der Waals surface area (Å²) in [6.45, 7) is 3.70. The van der Waals surface area contributed by atoms with Gasteiger partial charge in [-0.15, -0.1) is 0 Å². The molecule has 0 aliphatic rings. The second kappa shape index (κ2) is 46.4. The first-order chi connectivity index (χ1) is 30.2. The maximum Gasteiger partial charge on any atom is 0.472 e. The molecule has 0 aromatic carbocycles. The average Bonchev–Trinajstić information content (AvgIpc) is 3.25. The van der Waals surface area contributed by atoms with Gasteiger partial charge in [0.05, 0.1) is 19.8 Å². The molecule has 0 spiro atoms. The normalized spacial score (nSPS) is 14.4. The largest absolute Gasteiger partial charge is 0.480 e. The zero-order valence-corrected chi connectivity index (χ0v) is 40.1. The fourth-order valence-electron chi connectivity index (χ4n) is 6.49. The topological polar surface area (TPSA) is 155 Å². The maximum absolute atomic E-state index is 12.7. The summed E-state index contributed by atoms with van der Waals surface area (Å²) in [6, 6.07) is -1.48. The highest BCUT2D eigenvalue weighted by molar-refractivity contribution is 7.47. The molecule has 0 saturated heterocycles. The molecular weight excluding hydrogens is 802 g/mol. The predicted octanol–water partition coefficient (Wildman–Crippen LogP) is 14.2. The van der Waals surface area contributed by atoms with Crippen LogP contribution in [0.4, 0.5) is 0 Å². The Morgan fingerprint density at radius 3 is 1.39 bits per heavy atom. The van der Waals surface area contributed by atoms with Crippen LogP contribution in [0.1, 0.15) is 200 Å². The summed E-state index contributed by atoms with van der Waals surface area (Å²) in [6.07, 6.45) is 58.1. The van der Waals surface area contributed by atoms with Gasteiger partial charge in [-0.2, -0.15) is 0 Å². The number of esters is 1. The highest BCUT2D eigenvalue weighted by atomic mass is 31.2. The minimum atomic E-state index is -4.63. The number of nitrogens with two attached hydrogens (primary N) is 1. The molecule has 0 aromatic rings. The number of allylic oxidation sites excluding steroid dienone is 12. The maximum atomic E-state index is 12.7. The molecule has 3 atom stereocenters. The molecular formula is C51H90NO9P. The third-order valence-electron chi connectivity index (χ3n) is 10.3. The number of hydrogen-bond acceptors (Lipinski definition) is 8. The van der Waals surface area contributed by atoms with E-state index < -0.39 is 45.1 Å². The van der Waals surface area contributed by atoms with Crippen molar-refractivity contribution in [3.8, 4) is 0 Å². The van der Waals surface area contributed by atoms with Crippen molar-refractivity contribution in [3.05, 3.63) is 72.9 Å². The SMILES string of the molecule is CC/C=C\C/C=C\C/C=C\C/C=C\C/C=C\C/C=C\CCCCCOCC(COP(=O)(O)OCC(N)C(=O)O)OC(=O)CCCCCCCCCCCCCCCCCCCC. The van der Waals surface area contributed by atoms with E-state index in [0.717, 1.165) is 83.5 Å². The van der Waals surface area contributed by atoms with Crippen molar-refractivity contribution >= 4 is 19.8 Å². The fraction of sp³-hybridized carbons (Fsp3) is 0.725. The van der Waals surface area contributed by atoms with Crippen molar-refractivity contribution < 1.29 is 42.7 Å². The Balaban J connectivity index is 4.25. The van der Waals surface area contributed by atoms with E-state index in [9.17, 15) is 19.0 Å². The Bertz CT molecular complexity index is 1260. The van der Waals surface area contributed by atoms with Crippen LogP contribution in [0, 0.1) is 0 Å². The molecule has 10 nitrogen and oxygen atoms in total. The van der Waals surface area contributed by atoms with E-state index in [1.165, 1.54) is 89.9 Å². The summed E-state index contributed by atoms with van der Waals surface area (Å²) < 4.78 is 33.4. The van der Waals surface area contributed by atoms with E-state index in [2.05, 4.69) is 86.8 Å².